The van der Waals surface area contributed by atoms with Gasteiger partial charge in [0.2, 0.25) is 0 Å². The van der Waals surface area contributed by atoms with E-state index in [1.165, 1.54) is 0 Å². The van der Waals surface area contributed by atoms with E-state index >= 15 is 0 Å². The molecular weight excluding hydrogens is 476 g/mol. The quantitative estimate of drug-likeness (QED) is 0.501. The Kier molecular flexibility index (Phi) is 7.64. The molecule has 1 aromatic heterocycles. The van der Waals surface area contributed by atoms with Gasteiger partial charge in [0.15, 0.2) is 5.82 Å². The summed E-state index contributed by atoms with van der Waals surface area (Å²) in [7, 11) is 3.98. The highest BCUT2D eigenvalue weighted by atomic mass is 16.2. The molecule has 2 N–H and O–H groups in total. The number of anilines is 1. The lowest BCUT2D eigenvalue weighted by Gasteiger charge is -2.27. The van der Waals surface area contributed by atoms with Crippen LogP contribution in [0.3, 0.4) is 0 Å². The topological polar surface area (TPSA) is 98.1 Å². The number of benzene rings is 1. The summed E-state index contributed by atoms with van der Waals surface area (Å²) in [4.78, 5) is 26.5. The number of allylic oxidation sites excluding steroid dienone is 2. The molecule has 38 heavy (non-hydrogen) atoms. The van der Waals surface area contributed by atoms with Gasteiger partial charge in [-0.3, -0.25) is 4.79 Å². The third-order valence-electron chi connectivity index (χ3n) is 7.18. The Hall–Kier alpha value is -3.85. The first-order valence-electron chi connectivity index (χ1n) is 13.3. The summed E-state index contributed by atoms with van der Waals surface area (Å²) in [5.74, 6) is 2.41. The summed E-state index contributed by atoms with van der Waals surface area (Å²) in [6.45, 7) is 10.5. The molecule has 2 aromatic rings. The van der Waals surface area contributed by atoms with Gasteiger partial charge >= 0.3 is 0 Å². The summed E-state index contributed by atoms with van der Waals surface area (Å²) in [6.07, 6.45) is 7.12. The highest BCUT2D eigenvalue weighted by Crippen LogP contribution is 2.27. The number of nitrogens with zero attached hydrogens (tertiary/aromatic N) is 6. The van der Waals surface area contributed by atoms with Gasteiger partial charge in [0.25, 0.3) is 5.91 Å². The van der Waals surface area contributed by atoms with Gasteiger partial charge in [0.05, 0.1) is 11.3 Å². The van der Waals surface area contributed by atoms with Crippen molar-refractivity contribution in [2.45, 2.75) is 19.8 Å². The summed E-state index contributed by atoms with van der Waals surface area (Å²) in [5, 5.41) is 15.5. The number of amides is 1. The van der Waals surface area contributed by atoms with Crippen molar-refractivity contribution < 1.29 is 4.79 Å². The zero-order valence-electron chi connectivity index (χ0n) is 22.4. The average molecular weight is 513 g/mol. The molecule has 1 amide bonds. The maximum absolute atomic E-state index is 13.0. The monoisotopic (exact) mass is 512 g/mol. The van der Waals surface area contributed by atoms with Crippen LogP contribution in [0, 0.1) is 11.8 Å². The van der Waals surface area contributed by atoms with E-state index in [2.05, 4.69) is 46.5 Å². The van der Waals surface area contributed by atoms with Crippen molar-refractivity contribution in [1.82, 2.24) is 25.1 Å². The number of carbonyl (C=O) groups is 1. The molecule has 3 aliphatic heterocycles. The molecule has 5 rings (SSSR count). The van der Waals surface area contributed by atoms with Gasteiger partial charge in [-0.15, -0.1) is 5.10 Å². The van der Waals surface area contributed by atoms with Crippen LogP contribution in [0.5, 0.6) is 0 Å². The summed E-state index contributed by atoms with van der Waals surface area (Å²) < 4.78 is 0. The minimum atomic E-state index is -0.0127. The van der Waals surface area contributed by atoms with E-state index in [-0.39, 0.29) is 5.91 Å². The third kappa shape index (κ3) is 5.67. The maximum atomic E-state index is 13.0. The molecular formula is C29H36N8O. The number of aromatic nitrogens is 2. The fourth-order valence-electron chi connectivity index (χ4n) is 4.88. The van der Waals surface area contributed by atoms with Gasteiger partial charge in [-0.2, -0.15) is 5.10 Å². The van der Waals surface area contributed by atoms with Crippen LogP contribution in [-0.4, -0.2) is 83.9 Å². The molecule has 0 bridgehead atoms. The van der Waals surface area contributed by atoms with E-state index in [4.69, 9.17) is 9.97 Å². The molecule has 2 fully saturated rings. The Labute approximate surface area is 224 Å². The van der Waals surface area contributed by atoms with E-state index in [0.29, 0.717) is 29.8 Å². The third-order valence-corrected chi connectivity index (χ3v) is 7.18. The average Bonchev–Trinajstić information content (AvgIpc) is 3.55. The Morgan fingerprint density at radius 1 is 1.29 bits per heavy atom. The second-order valence-corrected chi connectivity index (χ2v) is 10.6. The molecule has 4 heterocycles. The number of nitrogens with one attached hydrogen (secondary N) is 2. The maximum Gasteiger partial charge on any atom is 0.270 e. The Morgan fingerprint density at radius 2 is 2.13 bits per heavy atom. The number of carbonyl (C=O) groups excluding carboxylic acids is 1. The van der Waals surface area contributed by atoms with Crippen molar-refractivity contribution in [3.63, 3.8) is 0 Å². The number of rotatable bonds is 9. The summed E-state index contributed by atoms with van der Waals surface area (Å²) in [5.41, 5.74) is 4.98. The molecule has 0 radical (unpaired) electrons. The van der Waals surface area contributed by atoms with Crippen LogP contribution in [0.25, 0.3) is 17.0 Å². The van der Waals surface area contributed by atoms with Gasteiger partial charge in [0.1, 0.15) is 11.5 Å². The normalized spacial score (nSPS) is 19.6. The van der Waals surface area contributed by atoms with Crippen LogP contribution in [0.15, 0.2) is 59.5 Å². The Balaban J connectivity index is 1.40. The van der Waals surface area contributed by atoms with Crippen molar-refractivity contribution >= 4 is 28.7 Å². The zero-order chi connectivity index (χ0) is 26.6. The lowest BCUT2D eigenvalue weighted by Crippen LogP contribution is -2.45. The van der Waals surface area contributed by atoms with E-state index < -0.39 is 0 Å². The second-order valence-electron chi connectivity index (χ2n) is 10.6. The first-order chi connectivity index (χ1) is 18.4. The fourth-order valence-corrected chi connectivity index (χ4v) is 4.88. The molecule has 0 spiro atoms. The molecule has 1 atom stereocenters. The standard InChI is InChI=1S/C29H36N8O/c1-5-21(18-36(3)4)22-7-6-8-23(11-22)27-32-16-24(28(33-27)31-15-20-13-30-14-20)25-12-26(35-34-25)29(38)37-10-9-19(2)17-37/h5-8,11,16,18-20,30H,1,9-10,12-15,17H2,2-4H3,(H,31,32,33)/b21-18+. The molecule has 1 unspecified atom stereocenters. The SMILES string of the molecule is C=C/C(=C\N(C)C)c1cccc(-c2ncc(C3=NN=C(C(=O)N4CCC(C)C4)C3)c(NCC3CNC3)n2)c1. The molecule has 1 aromatic carbocycles. The number of hydrogen-bond acceptors (Lipinski definition) is 8. The number of likely N-dealkylation sites (tertiary alicyclic amines) is 1. The van der Waals surface area contributed by atoms with E-state index in [0.717, 1.165) is 72.9 Å². The van der Waals surface area contributed by atoms with E-state index in [1.54, 1.807) is 6.20 Å². The van der Waals surface area contributed by atoms with Crippen LogP contribution in [0.2, 0.25) is 0 Å². The van der Waals surface area contributed by atoms with Gasteiger partial charge in [-0.05, 0) is 29.5 Å². The molecule has 2 saturated heterocycles. The van der Waals surface area contributed by atoms with E-state index in [1.807, 2.05) is 48.3 Å². The van der Waals surface area contributed by atoms with Crippen molar-refractivity contribution in [3.8, 4) is 11.4 Å². The summed E-state index contributed by atoms with van der Waals surface area (Å²) in [6, 6.07) is 8.16. The predicted octanol–water partition coefficient (Wildman–Crippen LogP) is 3.28. The lowest BCUT2D eigenvalue weighted by atomic mass is 10.0. The Bertz CT molecular complexity index is 1310. The van der Waals surface area contributed by atoms with Crippen molar-refractivity contribution in [2.75, 3.05) is 52.1 Å². The molecule has 0 aliphatic carbocycles. The van der Waals surface area contributed by atoms with E-state index in [9.17, 15) is 4.79 Å². The number of hydrogen-bond donors (Lipinski definition) is 2. The largest absolute Gasteiger partial charge is 0.383 e. The smallest absolute Gasteiger partial charge is 0.270 e. The molecule has 3 aliphatic rings. The minimum Gasteiger partial charge on any atom is -0.383 e. The summed E-state index contributed by atoms with van der Waals surface area (Å²) >= 11 is 0. The Morgan fingerprint density at radius 3 is 2.82 bits per heavy atom. The first-order valence-corrected chi connectivity index (χ1v) is 13.3. The van der Waals surface area contributed by atoms with Gasteiger partial charge in [-0.25, -0.2) is 9.97 Å². The van der Waals surface area contributed by atoms with Crippen LogP contribution in [0.4, 0.5) is 5.82 Å². The van der Waals surface area contributed by atoms with Crippen LogP contribution >= 0.6 is 0 Å². The van der Waals surface area contributed by atoms with Gasteiger partial charge in [0, 0.05) is 77.1 Å². The van der Waals surface area contributed by atoms with Crippen LogP contribution in [-0.2, 0) is 4.79 Å². The lowest BCUT2D eigenvalue weighted by molar-refractivity contribution is -0.123. The van der Waals surface area contributed by atoms with Crippen molar-refractivity contribution in [1.29, 1.82) is 0 Å². The highest BCUT2D eigenvalue weighted by Gasteiger charge is 2.30. The zero-order valence-corrected chi connectivity index (χ0v) is 22.4. The second kappa shape index (κ2) is 11.3. The highest BCUT2D eigenvalue weighted by molar-refractivity contribution is 6.44. The van der Waals surface area contributed by atoms with Crippen molar-refractivity contribution in [2.24, 2.45) is 22.0 Å². The molecule has 198 valence electrons. The van der Waals surface area contributed by atoms with Gasteiger partial charge in [-0.1, -0.05) is 37.8 Å². The van der Waals surface area contributed by atoms with Crippen LogP contribution < -0.4 is 10.6 Å². The molecule has 9 nitrogen and oxygen atoms in total. The first kappa shape index (κ1) is 25.8. The molecule has 0 saturated carbocycles. The van der Waals surface area contributed by atoms with Gasteiger partial charge < -0.3 is 20.4 Å². The van der Waals surface area contributed by atoms with Crippen LogP contribution in [0.1, 0.15) is 30.9 Å². The van der Waals surface area contributed by atoms with Crippen molar-refractivity contribution in [3.05, 3.63) is 60.4 Å². The fraction of sp³-hybridized carbons (Fsp3) is 0.414. The predicted molar refractivity (Wildman–Crippen MR) is 153 cm³/mol. The molecule has 9 heteroatoms. The minimum absolute atomic E-state index is 0.0127.